The third kappa shape index (κ3) is 3.14. The van der Waals surface area contributed by atoms with Crippen molar-refractivity contribution in [3.05, 3.63) is 11.9 Å². The number of nitrogens with one attached hydrogen (secondary N) is 2. The fourth-order valence-corrected chi connectivity index (χ4v) is 1.52. The Labute approximate surface area is 89.7 Å². The molecule has 0 amide bonds. The number of halogens is 2. The van der Waals surface area contributed by atoms with E-state index in [-0.39, 0.29) is 24.8 Å². The SMILES string of the molecule is Cl.Cl.c1n[nH]nc1C1CCNCC1. The lowest BCUT2D eigenvalue weighted by molar-refractivity contribution is 0.453. The molecule has 76 valence electrons. The normalized spacial score (nSPS) is 17.2. The molecule has 13 heavy (non-hydrogen) atoms. The van der Waals surface area contributed by atoms with Crippen LogP contribution < -0.4 is 5.32 Å². The van der Waals surface area contributed by atoms with Crippen molar-refractivity contribution in [2.24, 2.45) is 0 Å². The average molecular weight is 225 g/mol. The van der Waals surface area contributed by atoms with Gasteiger partial charge in [-0.1, -0.05) is 0 Å². The molecular weight excluding hydrogens is 211 g/mol. The molecule has 1 aliphatic heterocycles. The Kier molecular flexibility index (Phi) is 6.03. The average Bonchev–Trinajstić information content (AvgIpc) is 2.58. The monoisotopic (exact) mass is 224 g/mol. The van der Waals surface area contributed by atoms with Crippen LogP contribution >= 0.6 is 24.8 Å². The van der Waals surface area contributed by atoms with E-state index >= 15 is 0 Å². The molecule has 1 aromatic heterocycles. The van der Waals surface area contributed by atoms with Gasteiger partial charge < -0.3 is 5.32 Å². The molecule has 2 heterocycles. The molecule has 1 fully saturated rings. The topological polar surface area (TPSA) is 53.6 Å². The highest BCUT2D eigenvalue weighted by atomic mass is 35.5. The molecule has 0 saturated carbocycles. The lowest BCUT2D eigenvalue weighted by Gasteiger charge is -2.19. The van der Waals surface area contributed by atoms with Crippen LogP contribution in [0.4, 0.5) is 0 Å². The molecule has 2 N–H and O–H groups in total. The van der Waals surface area contributed by atoms with Crippen molar-refractivity contribution in [1.29, 1.82) is 0 Å². The van der Waals surface area contributed by atoms with Crippen LogP contribution in [0.1, 0.15) is 24.5 Å². The van der Waals surface area contributed by atoms with E-state index in [1.165, 1.54) is 12.8 Å². The summed E-state index contributed by atoms with van der Waals surface area (Å²) in [7, 11) is 0. The minimum atomic E-state index is 0. The maximum absolute atomic E-state index is 4.08. The standard InChI is InChI=1S/C7H12N4.2ClH/c1-3-8-4-2-6(1)7-5-9-11-10-7;;/h5-6,8H,1-4H2,(H,9,10,11);2*1H. The summed E-state index contributed by atoms with van der Waals surface area (Å²) in [6.45, 7) is 2.22. The van der Waals surface area contributed by atoms with Gasteiger partial charge in [0.15, 0.2) is 0 Å². The van der Waals surface area contributed by atoms with E-state index in [0.717, 1.165) is 18.8 Å². The second-order valence-electron chi connectivity index (χ2n) is 2.92. The summed E-state index contributed by atoms with van der Waals surface area (Å²) >= 11 is 0. The summed E-state index contributed by atoms with van der Waals surface area (Å²) < 4.78 is 0. The van der Waals surface area contributed by atoms with Gasteiger partial charge in [0, 0.05) is 5.92 Å². The first-order chi connectivity index (χ1) is 5.47. The first-order valence-corrected chi connectivity index (χ1v) is 4.03. The summed E-state index contributed by atoms with van der Waals surface area (Å²) in [5.41, 5.74) is 1.12. The Morgan fingerprint density at radius 1 is 1.23 bits per heavy atom. The van der Waals surface area contributed by atoms with Crippen LogP contribution in [0.2, 0.25) is 0 Å². The van der Waals surface area contributed by atoms with E-state index in [4.69, 9.17) is 0 Å². The maximum Gasteiger partial charge on any atom is 0.0856 e. The molecule has 1 saturated heterocycles. The summed E-state index contributed by atoms with van der Waals surface area (Å²) in [4.78, 5) is 0. The third-order valence-electron chi connectivity index (χ3n) is 2.19. The highest BCUT2D eigenvalue weighted by Gasteiger charge is 2.16. The first-order valence-electron chi connectivity index (χ1n) is 4.03. The van der Waals surface area contributed by atoms with Crippen molar-refractivity contribution in [3.63, 3.8) is 0 Å². The first kappa shape index (κ1) is 12.7. The molecule has 1 aromatic rings. The Bertz CT molecular complexity index is 208. The Morgan fingerprint density at radius 3 is 2.46 bits per heavy atom. The fraction of sp³-hybridized carbons (Fsp3) is 0.714. The number of nitrogens with zero attached hydrogens (tertiary/aromatic N) is 2. The largest absolute Gasteiger partial charge is 0.317 e. The maximum atomic E-state index is 4.08. The smallest absolute Gasteiger partial charge is 0.0856 e. The molecule has 0 unspecified atom stereocenters. The number of aromatic nitrogens is 3. The predicted octanol–water partition coefficient (Wildman–Crippen LogP) is 1.12. The van der Waals surface area contributed by atoms with Gasteiger partial charge in [0.25, 0.3) is 0 Å². The fourth-order valence-electron chi connectivity index (χ4n) is 1.52. The van der Waals surface area contributed by atoms with Gasteiger partial charge in [0.2, 0.25) is 0 Å². The Morgan fingerprint density at radius 2 is 1.92 bits per heavy atom. The molecule has 4 nitrogen and oxygen atoms in total. The van der Waals surface area contributed by atoms with E-state index in [9.17, 15) is 0 Å². The number of piperidine rings is 1. The van der Waals surface area contributed by atoms with Gasteiger partial charge >= 0.3 is 0 Å². The van der Waals surface area contributed by atoms with E-state index in [1.807, 2.05) is 6.20 Å². The molecule has 0 radical (unpaired) electrons. The zero-order chi connectivity index (χ0) is 7.52. The molecule has 1 aliphatic rings. The zero-order valence-corrected chi connectivity index (χ0v) is 8.83. The van der Waals surface area contributed by atoms with Crippen LogP contribution in [0, 0.1) is 0 Å². The van der Waals surface area contributed by atoms with Gasteiger partial charge in [-0.15, -0.1) is 24.8 Å². The van der Waals surface area contributed by atoms with Gasteiger partial charge in [-0.3, -0.25) is 0 Å². The van der Waals surface area contributed by atoms with Crippen LogP contribution in [0.25, 0.3) is 0 Å². The van der Waals surface area contributed by atoms with Crippen molar-refractivity contribution < 1.29 is 0 Å². The van der Waals surface area contributed by atoms with Crippen molar-refractivity contribution in [1.82, 2.24) is 20.7 Å². The minimum absolute atomic E-state index is 0. The van der Waals surface area contributed by atoms with Gasteiger partial charge in [-0.2, -0.15) is 15.4 Å². The molecule has 0 atom stereocenters. The molecule has 0 aromatic carbocycles. The molecule has 0 spiro atoms. The van der Waals surface area contributed by atoms with Crippen molar-refractivity contribution in [2.75, 3.05) is 13.1 Å². The number of hydrogen-bond acceptors (Lipinski definition) is 3. The number of aromatic amines is 1. The highest BCUT2D eigenvalue weighted by molar-refractivity contribution is 5.85. The van der Waals surface area contributed by atoms with Crippen LogP contribution in [0.3, 0.4) is 0 Å². The zero-order valence-electron chi connectivity index (χ0n) is 7.19. The molecular formula is C7H14Cl2N4. The van der Waals surface area contributed by atoms with Crippen molar-refractivity contribution in [3.8, 4) is 0 Å². The third-order valence-corrected chi connectivity index (χ3v) is 2.19. The summed E-state index contributed by atoms with van der Waals surface area (Å²) in [6, 6.07) is 0. The quantitative estimate of drug-likeness (QED) is 0.752. The lowest BCUT2D eigenvalue weighted by atomic mass is 9.95. The van der Waals surface area contributed by atoms with Crippen LogP contribution in [0.5, 0.6) is 0 Å². The lowest BCUT2D eigenvalue weighted by Crippen LogP contribution is -2.26. The molecule has 0 aliphatic carbocycles. The summed E-state index contributed by atoms with van der Waals surface area (Å²) in [6.07, 6.45) is 4.20. The van der Waals surface area contributed by atoms with Crippen molar-refractivity contribution in [2.45, 2.75) is 18.8 Å². The number of hydrogen-bond donors (Lipinski definition) is 2. The minimum Gasteiger partial charge on any atom is -0.317 e. The Hall–Kier alpha value is -0.320. The van der Waals surface area contributed by atoms with E-state index < -0.39 is 0 Å². The predicted molar refractivity (Wildman–Crippen MR) is 55.7 cm³/mol. The summed E-state index contributed by atoms with van der Waals surface area (Å²) in [5.74, 6) is 0.620. The van der Waals surface area contributed by atoms with Crippen molar-refractivity contribution >= 4 is 24.8 Å². The molecule has 0 bridgehead atoms. The number of rotatable bonds is 1. The van der Waals surface area contributed by atoms with E-state index in [1.54, 1.807) is 0 Å². The second kappa shape index (κ2) is 6.18. The highest BCUT2D eigenvalue weighted by Crippen LogP contribution is 2.21. The number of H-pyrrole nitrogens is 1. The van der Waals surface area contributed by atoms with Gasteiger partial charge in [0.05, 0.1) is 11.9 Å². The Balaban J connectivity index is 0.000000720. The van der Waals surface area contributed by atoms with E-state index in [0.29, 0.717) is 5.92 Å². The van der Waals surface area contributed by atoms with Gasteiger partial charge in [-0.25, -0.2) is 0 Å². The van der Waals surface area contributed by atoms with Crippen LogP contribution in [-0.2, 0) is 0 Å². The van der Waals surface area contributed by atoms with Crippen LogP contribution in [0.15, 0.2) is 6.20 Å². The van der Waals surface area contributed by atoms with Crippen LogP contribution in [-0.4, -0.2) is 28.5 Å². The second-order valence-corrected chi connectivity index (χ2v) is 2.92. The van der Waals surface area contributed by atoms with E-state index in [2.05, 4.69) is 20.7 Å². The molecule has 6 heteroatoms. The molecule has 2 rings (SSSR count). The van der Waals surface area contributed by atoms with Gasteiger partial charge in [-0.05, 0) is 25.9 Å². The van der Waals surface area contributed by atoms with Gasteiger partial charge in [0.1, 0.15) is 0 Å². The summed E-state index contributed by atoms with van der Waals surface area (Å²) in [5, 5.41) is 13.8.